The van der Waals surface area contributed by atoms with E-state index in [9.17, 15) is 20.1 Å². The molecule has 2 aromatic rings. The molecule has 5 atom stereocenters. The van der Waals surface area contributed by atoms with Gasteiger partial charge in [0.1, 0.15) is 17.5 Å². The highest BCUT2D eigenvalue weighted by molar-refractivity contribution is 5.97. The quantitative estimate of drug-likeness (QED) is 0.567. The van der Waals surface area contributed by atoms with Crippen molar-refractivity contribution in [2.24, 2.45) is 11.3 Å². The van der Waals surface area contributed by atoms with Gasteiger partial charge in [0.15, 0.2) is 11.5 Å². The second-order valence-corrected chi connectivity index (χ2v) is 12.6. The lowest BCUT2D eigenvalue weighted by atomic mass is 9.38. The van der Waals surface area contributed by atoms with Crippen LogP contribution in [0.5, 0.6) is 17.2 Å². The first kappa shape index (κ1) is 22.9. The predicted octanol–water partition coefficient (Wildman–Crippen LogP) is 3.25. The predicted molar refractivity (Wildman–Crippen MR) is 140 cm³/mol. The second kappa shape index (κ2) is 7.33. The maximum absolute atomic E-state index is 14.1. The summed E-state index contributed by atoms with van der Waals surface area (Å²) in [6.07, 6.45) is 7.07. The summed E-state index contributed by atoms with van der Waals surface area (Å²) in [4.78, 5) is 18.3. The summed E-state index contributed by atoms with van der Waals surface area (Å²) < 4.78 is 6.60. The summed E-state index contributed by atoms with van der Waals surface area (Å²) in [6, 6.07) is 11.0. The Balaban J connectivity index is 1.27. The molecule has 2 spiro atoms. The summed E-state index contributed by atoms with van der Waals surface area (Å²) in [7, 11) is 1.73. The van der Waals surface area contributed by atoms with Crippen LogP contribution in [-0.2, 0) is 23.2 Å². The number of aliphatic hydroxyl groups is 1. The molecule has 7 nitrogen and oxygen atoms in total. The third-order valence-corrected chi connectivity index (χ3v) is 10.8. The fourth-order valence-corrected chi connectivity index (χ4v) is 8.98. The number of carbonyl (C=O) groups excluding carboxylic acids is 1. The number of likely N-dealkylation sites (N-methyl/N-ethyl adjacent to an activating group) is 1. The van der Waals surface area contributed by atoms with Crippen LogP contribution in [-0.4, -0.2) is 68.9 Å². The monoisotopic (exact) mass is 514 g/mol. The molecule has 0 unspecified atom stereocenters. The second-order valence-electron chi connectivity index (χ2n) is 12.6. The molecule has 7 heteroatoms. The van der Waals surface area contributed by atoms with Crippen LogP contribution in [0.3, 0.4) is 0 Å². The number of hydrogen-bond donors (Lipinski definition) is 3. The van der Waals surface area contributed by atoms with E-state index in [1.165, 1.54) is 18.4 Å². The minimum Gasteiger partial charge on any atom is -0.508 e. The highest BCUT2D eigenvalue weighted by Gasteiger charge is 2.78. The topological polar surface area (TPSA) is 93.5 Å². The van der Waals surface area contributed by atoms with E-state index >= 15 is 0 Å². The van der Waals surface area contributed by atoms with Crippen molar-refractivity contribution in [1.82, 2.24) is 9.80 Å². The summed E-state index contributed by atoms with van der Waals surface area (Å²) in [5.74, 6) is 1.31. The summed E-state index contributed by atoms with van der Waals surface area (Å²) in [5.41, 5.74) is 1.12. The van der Waals surface area contributed by atoms with E-state index in [0.29, 0.717) is 23.3 Å². The van der Waals surface area contributed by atoms with E-state index in [2.05, 4.69) is 11.0 Å². The molecule has 3 N–H and O–H groups in total. The smallest absolute Gasteiger partial charge is 0.252 e. The van der Waals surface area contributed by atoms with Crippen LogP contribution in [0.2, 0.25) is 0 Å². The van der Waals surface area contributed by atoms with E-state index in [-0.39, 0.29) is 35.4 Å². The molecule has 1 amide bonds. The zero-order valence-corrected chi connectivity index (χ0v) is 21.7. The Kier molecular flexibility index (Phi) is 4.42. The van der Waals surface area contributed by atoms with Gasteiger partial charge < -0.3 is 25.0 Å². The van der Waals surface area contributed by atoms with Crippen molar-refractivity contribution in [2.75, 3.05) is 20.1 Å². The number of nitrogens with zero attached hydrogens (tertiary/aromatic N) is 2. The maximum Gasteiger partial charge on any atom is 0.252 e. The molecule has 38 heavy (non-hydrogen) atoms. The zero-order valence-electron chi connectivity index (χ0n) is 21.7. The molecule has 5 aliphatic carbocycles. The first-order chi connectivity index (χ1) is 18.3. The van der Waals surface area contributed by atoms with Crippen LogP contribution in [0, 0.1) is 11.3 Å². The Morgan fingerprint density at radius 1 is 1.11 bits per heavy atom. The van der Waals surface area contributed by atoms with Gasteiger partial charge in [-0.15, -0.1) is 0 Å². The molecular formula is C31H34N2O5. The number of fused-ring (bicyclic) bond motifs is 1. The number of ether oxygens (including phenoxy) is 1. The number of rotatable bonds is 5. The van der Waals surface area contributed by atoms with Gasteiger partial charge in [-0.1, -0.05) is 30.3 Å². The van der Waals surface area contributed by atoms with E-state index in [0.717, 1.165) is 43.8 Å². The summed E-state index contributed by atoms with van der Waals surface area (Å²) in [6.45, 7) is 2.27. The fourth-order valence-electron chi connectivity index (χ4n) is 8.98. The zero-order chi connectivity index (χ0) is 26.0. The van der Waals surface area contributed by atoms with Gasteiger partial charge in [-0.05, 0) is 68.7 Å². The van der Waals surface area contributed by atoms with Crippen LogP contribution < -0.4 is 4.74 Å². The summed E-state index contributed by atoms with van der Waals surface area (Å²) in [5, 5.41) is 33.6. The van der Waals surface area contributed by atoms with E-state index in [1.54, 1.807) is 30.1 Å². The molecule has 7 aliphatic rings. The van der Waals surface area contributed by atoms with Gasteiger partial charge in [-0.25, -0.2) is 0 Å². The van der Waals surface area contributed by atoms with Gasteiger partial charge >= 0.3 is 0 Å². The van der Waals surface area contributed by atoms with Crippen molar-refractivity contribution in [3.8, 4) is 17.2 Å². The van der Waals surface area contributed by atoms with Crippen molar-refractivity contribution < 1.29 is 24.9 Å². The lowest BCUT2D eigenvalue weighted by Crippen LogP contribution is -2.78. The third kappa shape index (κ3) is 2.64. The maximum atomic E-state index is 14.1. The van der Waals surface area contributed by atoms with Crippen LogP contribution in [0.15, 0.2) is 48.0 Å². The molecule has 9 rings (SSSR count). The van der Waals surface area contributed by atoms with Crippen LogP contribution >= 0.6 is 0 Å². The lowest BCUT2D eigenvalue weighted by Gasteiger charge is -2.70. The first-order valence-corrected chi connectivity index (χ1v) is 14.0. The Hall–Kier alpha value is -3.03. The molecule has 0 aromatic heterocycles. The molecular weight excluding hydrogens is 480 g/mol. The normalized spacial score (nSPS) is 35.9. The number of piperidine rings is 1. The minimum absolute atomic E-state index is 0.120. The van der Waals surface area contributed by atoms with Gasteiger partial charge in [-0.3, -0.25) is 9.69 Å². The van der Waals surface area contributed by atoms with Gasteiger partial charge in [-0.2, -0.15) is 0 Å². The number of aromatic hydroxyl groups is 2. The Morgan fingerprint density at radius 3 is 2.71 bits per heavy atom. The van der Waals surface area contributed by atoms with E-state index in [1.807, 2.05) is 18.2 Å². The molecule has 3 fully saturated rings. The van der Waals surface area contributed by atoms with Gasteiger partial charge in [0, 0.05) is 48.3 Å². The van der Waals surface area contributed by atoms with Gasteiger partial charge in [0.25, 0.3) is 5.91 Å². The van der Waals surface area contributed by atoms with Gasteiger partial charge in [0.05, 0.1) is 5.41 Å². The van der Waals surface area contributed by atoms with Crippen LogP contribution in [0.1, 0.15) is 48.8 Å². The highest BCUT2D eigenvalue weighted by atomic mass is 16.5. The number of para-hydroxylation sites is 1. The van der Waals surface area contributed by atoms with Crippen LogP contribution in [0.4, 0.5) is 0 Å². The van der Waals surface area contributed by atoms with Crippen LogP contribution in [0.25, 0.3) is 0 Å². The number of benzene rings is 2. The largest absolute Gasteiger partial charge is 0.508 e. The number of likely N-dealkylation sites (tertiary alicyclic amines) is 1. The van der Waals surface area contributed by atoms with Gasteiger partial charge in [0.2, 0.25) is 0 Å². The Morgan fingerprint density at radius 2 is 1.92 bits per heavy atom. The Bertz CT molecular complexity index is 1420. The van der Waals surface area contributed by atoms with Crippen molar-refractivity contribution in [1.29, 1.82) is 0 Å². The molecule has 2 aliphatic heterocycles. The molecule has 0 radical (unpaired) electrons. The first-order valence-electron chi connectivity index (χ1n) is 14.0. The standard InChI is InChI=1S/C31H34N2O5/c1-32(17-20-4-2-3-5-22(20)34)27(36)21-15-29-10-11-31(21,37)28-30(29)12-13-33(16-18-6-7-18)24(29)14-19-8-9-23(35)26(38-28)25(19)30/h2-5,8-9,15,18,24,28,34-35,37H,6-7,10-14,16-17H2,1H3/t24-,28-,29-,30+,31-/m1/s1. The van der Waals surface area contributed by atoms with Crippen molar-refractivity contribution >= 4 is 5.91 Å². The Labute approximate surface area is 222 Å². The average Bonchev–Trinajstić information content (AvgIpc) is 3.65. The summed E-state index contributed by atoms with van der Waals surface area (Å²) >= 11 is 0. The molecule has 1 saturated heterocycles. The molecule has 4 bridgehead atoms. The number of carbonyl (C=O) groups is 1. The minimum atomic E-state index is -1.45. The third-order valence-electron chi connectivity index (χ3n) is 10.8. The molecule has 2 aromatic carbocycles. The fraction of sp³-hybridized carbons (Fsp3) is 0.516. The lowest BCUT2D eigenvalue weighted by molar-refractivity contribution is -0.188. The van der Waals surface area contributed by atoms with E-state index < -0.39 is 17.1 Å². The number of phenols is 2. The number of amides is 1. The number of phenolic OH excluding ortho intramolecular Hbond substituents is 2. The van der Waals surface area contributed by atoms with E-state index in [4.69, 9.17) is 4.74 Å². The average molecular weight is 515 g/mol. The van der Waals surface area contributed by atoms with Crippen molar-refractivity contribution in [3.63, 3.8) is 0 Å². The molecule has 198 valence electrons. The number of hydrogen-bond acceptors (Lipinski definition) is 6. The molecule has 2 saturated carbocycles. The highest BCUT2D eigenvalue weighted by Crippen LogP contribution is 2.74. The van der Waals surface area contributed by atoms with Crippen molar-refractivity contribution in [3.05, 3.63) is 64.7 Å². The molecule has 2 heterocycles. The van der Waals surface area contributed by atoms with Crippen molar-refractivity contribution in [2.45, 2.75) is 68.2 Å². The SMILES string of the molecule is CN(Cc1ccccc1O)C(=O)C1=C[C@@]23CC[C@]1(O)[C@@H]1Oc4c(O)ccc5c4[C@@]12CCN(CC1CC1)[C@@H]3C5.